The van der Waals surface area contributed by atoms with E-state index in [4.69, 9.17) is 10.8 Å². The van der Waals surface area contributed by atoms with Gasteiger partial charge in [-0.3, -0.25) is 4.79 Å². The summed E-state index contributed by atoms with van der Waals surface area (Å²) in [6, 6.07) is -0.211. The molecule has 0 aliphatic carbocycles. The summed E-state index contributed by atoms with van der Waals surface area (Å²) < 4.78 is 0. The first-order valence-electron chi connectivity index (χ1n) is 3.68. The van der Waals surface area contributed by atoms with Gasteiger partial charge in [0.15, 0.2) is 0 Å². The molecule has 0 aromatic carbocycles. The Hall–Kier alpha value is -0.180. The predicted molar refractivity (Wildman–Crippen MR) is 54.4 cm³/mol. The van der Waals surface area contributed by atoms with Gasteiger partial charge >= 0.3 is 5.97 Å². The van der Waals surface area contributed by atoms with E-state index in [0.29, 0.717) is 6.16 Å². The average molecular weight is 194 g/mol. The number of hydrogen-bond acceptors (Lipinski definition) is 3. The molecule has 0 spiro atoms. The van der Waals surface area contributed by atoms with E-state index in [9.17, 15) is 4.79 Å². The fourth-order valence-corrected chi connectivity index (χ4v) is 0.474. The highest BCUT2D eigenvalue weighted by Gasteiger charge is 2.03. The minimum Gasteiger partial charge on any atom is -0.481 e. The Kier molecular flexibility index (Phi) is 10.7. The maximum absolute atomic E-state index is 9.88. The average Bonchev–Trinajstić information content (AvgIpc) is 1.84. The first-order valence-corrected chi connectivity index (χ1v) is 4.50. The van der Waals surface area contributed by atoms with Crippen molar-refractivity contribution in [3.05, 3.63) is 0 Å². The van der Waals surface area contributed by atoms with Gasteiger partial charge in [-0.15, -0.1) is 9.24 Å². The second kappa shape index (κ2) is 8.91. The zero-order chi connectivity index (χ0) is 10.1. The predicted octanol–water partition coefficient (Wildman–Crippen LogP) is -0.159. The molecule has 12 heavy (non-hydrogen) atoms. The van der Waals surface area contributed by atoms with Gasteiger partial charge in [0.2, 0.25) is 0 Å². The first-order chi connectivity index (χ1) is 5.40. The number of aliphatic carboxylic acids is 1. The molecule has 0 fully saturated rings. The number of hydrogen-bond donors (Lipinski definition) is 2. The van der Waals surface area contributed by atoms with Gasteiger partial charge in [0.1, 0.15) is 0 Å². The standard InChI is InChI=1S/C4H10NO2P.C3H9N/c5-3(2-8)1-4(6)7;1-4(2)3/h3H,1-2,5,8H2,(H,6,7);1-3H3. The third-order valence-corrected chi connectivity index (χ3v) is 1.35. The normalized spacial score (nSPS) is 11.8. The highest BCUT2D eigenvalue weighted by Crippen LogP contribution is 1.91. The van der Waals surface area contributed by atoms with Crippen LogP contribution in [0.15, 0.2) is 0 Å². The Morgan fingerprint density at radius 1 is 1.58 bits per heavy atom. The van der Waals surface area contributed by atoms with Crippen LogP contribution in [0.2, 0.25) is 0 Å². The lowest BCUT2D eigenvalue weighted by Gasteiger charge is -2.01. The summed E-state index contributed by atoms with van der Waals surface area (Å²) in [5.74, 6) is -0.833. The maximum atomic E-state index is 9.88. The SMILES string of the molecule is CN(C)C.NC(CP)CC(=O)O. The molecular weight excluding hydrogens is 175 g/mol. The lowest BCUT2D eigenvalue weighted by molar-refractivity contribution is -0.137. The molecule has 4 nitrogen and oxygen atoms in total. The van der Waals surface area contributed by atoms with Crippen LogP contribution in [-0.4, -0.2) is 49.3 Å². The lowest BCUT2D eigenvalue weighted by atomic mass is 10.2. The topological polar surface area (TPSA) is 66.6 Å². The maximum Gasteiger partial charge on any atom is 0.304 e. The monoisotopic (exact) mass is 194 g/mol. The van der Waals surface area contributed by atoms with Gasteiger partial charge in [-0.05, 0) is 27.3 Å². The summed E-state index contributed by atoms with van der Waals surface area (Å²) in [4.78, 5) is 11.9. The summed E-state index contributed by atoms with van der Waals surface area (Å²) in [5, 5.41) is 8.13. The Bertz CT molecular complexity index is 117. The van der Waals surface area contributed by atoms with Gasteiger partial charge < -0.3 is 15.7 Å². The second-order valence-electron chi connectivity index (χ2n) is 2.94. The zero-order valence-corrected chi connectivity index (χ0v) is 9.10. The van der Waals surface area contributed by atoms with Crippen molar-refractivity contribution in [2.24, 2.45) is 5.73 Å². The number of carbonyl (C=O) groups is 1. The summed E-state index contributed by atoms with van der Waals surface area (Å²) in [6.45, 7) is 0. The molecule has 2 unspecified atom stereocenters. The third-order valence-electron chi connectivity index (χ3n) is 0.740. The molecule has 0 radical (unpaired) electrons. The number of nitrogens with zero attached hydrogens (tertiary/aromatic N) is 1. The second-order valence-corrected chi connectivity index (χ2v) is 3.41. The smallest absolute Gasteiger partial charge is 0.304 e. The molecule has 0 saturated heterocycles. The Labute approximate surface area is 76.3 Å². The minimum atomic E-state index is -0.833. The van der Waals surface area contributed by atoms with Gasteiger partial charge in [-0.25, -0.2) is 0 Å². The van der Waals surface area contributed by atoms with Crippen LogP contribution in [0.5, 0.6) is 0 Å². The highest BCUT2D eigenvalue weighted by atomic mass is 31.0. The summed E-state index contributed by atoms with van der Waals surface area (Å²) >= 11 is 0. The Morgan fingerprint density at radius 3 is 2.00 bits per heavy atom. The van der Waals surface area contributed by atoms with Gasteiger partial charge in [0, 0.05) is 6.04 Å². The fourth-order valence-electron chi connectivity index (χ4n) is 0.308. The largest absolute Gasteiger partial charge is 0.481 e. The minimum absolute atomic E-state index is 0.0590. The number of rotatable bonds is 3. The molecule has 0 saturated carbocycles. The van der Waals surface area contributed by atoms with E-state index in [1.54, 1.807) is 0 Å². The molecule has 0 rings (SSSR count). The van der Waals surface area contributed by atoms with E-state index in [-0.39, 0.29) is 12.5 Å². The van der Waals surface area contributed by atoms with Crippen molar-refractivity contribution >= 4 is 15.2 Å². The lowest BCUT2D eigenvalue weighted by Crippen LogP contribution is -2.24. The van der Waals surface area contributed by atoms with E-state index >= 15 is 0 Å². The summed E-state index contributed by atoms with van der Waals surface area (Å²) in [5.41, 5.74) is 5.27. The van der Waals surface area contributed by atoms with Gasteiger partial charge in [-0.1, -0.05) is 0 Å². The molecule has 0 amide bonds. The summed E-state index contributed by atoms with van der Waals surface area (Å²) in [7, 11) is 8.40. The van der Waals surface area contributed by atoms with E-state index in [0.717, 1.165) is 0 Å². The van der Waals surface area contributed by atoms with E-state index < -0.39 is 5.97 Å². The van der Waals surface area contributed by atoms with Crippen LogP contribution in [0, 0.1) is 0 Å². The van der Waals surface area contributed by atoms with Gasteiger partial charge in [0.25, 0.3) is 0 Å². The molecule has 74 valence electrons. The van der Waals surface area contributed by atoms with E-state index in [1.807, 2.05) is 26.0 Å². The molecule has 3 N–H and O–H groups in total. The molecule has 2 atom stereocenters. The van der Waals surface area contributed by atoms with Crippen LogP contribution in [0.3, 0.4) is 0 Å². The molecule has 5 heteroatoms. The zero-order valence-electron chi connectivity index (χ0n) is 7.95. The molecule has 0 aromatic rings. The quantitative estimate of drug-likeness (QED) is 0.613. The third kappa shape index (κ3) is 22.6. The van der Waals surface area contributed by atoms with Crippen LogP contribution < -0.4 is 5.73 Å². The first kappa shape index (κ1) is 14.3. The van der Waals surface area contributed by atoms with Crippen LogP contribution in [0.4, 0.5) is 0 Å². The highest BCUT2D eigenvalue weighted by molar-refractivity contribution is 7.16. The number of carboxylic acid groups (broad SMARTS) is 1. The van der Waals surface area contributed by atoms with Crippen molar-refractivity contribution in [2.45, 2.75) is 12.5 Å². The van der Waals surface area contributed by atoms with E-state index in [1.165, 1.54) is 0 Å². The molecule has 0 aromatic heterocycles. The van der Waals surface area contributed by atoms with Crippen LogP contribution in [0.1, 0.15) is 6.42 Å². The van der Waals surface area contributed by atoms with Crippen molar-refractivity contribution in [2.75, 3.05) is 27.3 Å². The van der Waals surface area contributed by atoms with Crippen molar-refractivity contribution < 1.29 is 9.90 Å². The van der Waals surface area contributed by atoms with Crippen molar-refractivity contribution in [1.82, 2.24) is 4.90 Å². The van der Waals surface area contributed by atoms with Crippen molar-refractivity contribution in [1.29, 1.82) is 0 Å². The van der Waals surface area contributed by atoms with Gasteiger partial charge in [0.05, 0.1) is 6.42 Å². The van der Waals surface area contributed by atoms with Crippen LogP contribution >= 0.6 is 9.24 Å². The Balaban J connectivity index is 0. The number of carboxylic acids is 1. The van der Waals surface area contributed by atoms with Gasteiger partial charge in [-0.2, -0.15) is 0 Å². The van der Waals surface area contributed by atoms with Crippen LogP contribution in [0.25, 0.3) is 0 Å². The molecule has 0 aliphatic rings. The van der Waals surface area contributed by atoms with Crippen molar-refractivity contribution in [3.8, 4) is 0 Å². The molecule has 0 heterocycles. The van der Waals surface area contributed by atoms with Crippen LogP contribution in [-0.2, 0) is 4.79 Å². The summed E-state index contributed by atoms with van der Waals surface area (Å²) in [6.07, 6.45) is 0.704. The number of nitrogens with two attached hydrogens (primary N) is 1. The molecule has 0 bridgehead atoms. The fraction of sp³-hybridized carbons (Fsp3) is 0.857. The van der Waals surface area contributed by atoms with Crippen molar-refractivity contribution in [3.63, 3.8) is 0 Å². The molecular formula is C7H19N2O2P. The Morgan fingerprint density at radius 2 is 1.92 bits per heavy atom. The molecule has 0 aliphatic heterocycles. The van der Waals surface area contributed by atoms with E-state index in [2.05, 4.69) is 9.24 Å².